The van der Waals surface area contributed by atoms with Gasteiger partial charge in [0.2, 0.25) is 0 Å². The smallest absolute Gasteiger partial charge is 0.157 e. The molecule has 2 nitrogen and oxygen atoms in total. The minimum absolute atomic E-state index is 0.0699. The molecule has 0 bridgehead atoms. The number of hydrogen-bond donors (Lipinski definition) is 1. The van der Waals surface area contributed by atoms with Crippen LogP contribution in [0.2, 0.25) is 0 Å². The van der Waals surface area contributed by atoms with Crippen LogP contribution in [0.25, 0.3) is 0 Å². The minimum atomic E-state index is -0.334. The molecule has 2 atom stereocenters. The van der Waals surface area contributed by atoms with Gasteiger partial charge in [-0.3, -0.25) is 4.79 Å². The fraction of sp³-hybridized carbons (Fsp3) is 0.727. The third kappa shape index (κ3) is 4.23. The van der Waals surface area contributed by atoms with E-state index < -0.39 is 0 Å². The number of aliphatic hydroxyl groups is 1. The molecular weight excluding hydrogens is 164 g/mol. The summed E-state index contributed by atoms with van der Waals surface area (Å²) in [4.78, 5) is 11.2. The zero-order valence-electron chi connectivity index (χ0n) is 9.00. The van der Waals surface area contributed by atoms with Gasteiger partial charge >= 0.3 is 0 Å². The molecular formula is C11H20O2. The Labute approximate surface area is 80.7 Å². The summed E-state index contributed by atoms with van der Waals surface area (Å²) in [5.41, 5.74) is 0.766. The number of hydrogen-bond acceptors (Lipinski definition) is 2. The molecule has 0 aliphatic rings. The number of carbonyl (C=O) groups is 1. The summed E-state index contributed by atoms with van der Waals surface area (Å²) < 4.78 is 0. The summed E-state index contributed by atoms with van der Waals surface area (Å²) in [7, 11) is 0. The van der Waals surface area contributed by atoms with Crippen molar-refractivity contribution in [2.45, 2.75) is 46.6 Å². The molecule has 0 saturated heterocycles. The molecule has 0 fully saturated rings. The van der Waals surface area contributed by atoms with Gasteiger partial charge in [0.1, 0.15) is 0 Å². The van der Waals surface area contributed by atoms with E-state index >= 15 is 0 Å². The first kappa shape index (κ1) is 12.4. The lowest BCUT2D eigenvalue weighted by atomic mass is 9.98. The molecule has 0 saturated carbocycles. The molecule has 0 aromatic rings. The first-order valence-electron chi connectivity index (χ1n) is 4.92. The van der Waals surface area contributed by atoms with Crippen LogP contribution in [0.15, 0.2) is 11.6 Å². The first-order chi connectivity index (χ1) is 6.02. The van der Waals surface area contributed by atoms with Crippen molar-refractivity contribution in [3.63, 3.8) is 0 Å². The number of carbonyl (C=O) groups excluding carboxylic acids is 1. The lowest BCUT2D eigenvalue weighted by molar-refractivity contribution is -0.115. The second-order valence-corrected chi connectivity index (χ2v) is 3.46. The molecule has 0 aromatic carbocycles. The number of Topliss-reactive ketones (excluding diaryl/α,β-unsaturated/α-hetero) is 1. The molecule has 0 aliphatic heterocycles. The van der Waals surface area contributed by atoms with E-state index in [1.54, 1.807) is 0 Å². The normalized spacial score (nSPS) is 16.8. The van der Waals surface area contributed by atoms with Gasteiger partial charge in [-0.05, 0) is 18.9 Å². The van der Waals surface area contributed by atoms with Crippen molar-refractivity contribution in [3.8, 4) is 0 Å². The highest BCUT2D eigenvalue weighted by molar-refractivity contribution is 5.94. The van der Waals surface area contributed by atoms with Gasteiger partial charge in [0.15, 0.2) is 5.78 Å². The summed E-state index contributed by atoms with van der Waals surface area (Å²) in [5, 5.41) is 9.47. The topological polar surface area (TPSA) is 37.3 Å². The Morgan fingerprint density at radius 1 is 1.46 bits per heavy atom. The SMILES string of the molecule is CCC(=O)C(C)=CC(C)C(O)CC. The van der Waals surface area contributed by atoms with Crippen molar-refractivity contribution in [3.05, 3.63) is 11.6 Å². The summed E-state index contributed by atoms with van der Waals surface area (Å²) in [5.74, 6) is 0.232. The van der Waals surface area contributed by atoms with Crippen molar-refractivity contribution < 1.29 is 9.90 Å². The Balaban J connectivity index is 4.29. The lowest BCUT2D eigenvalue weighted by Gasteiger charge is -2.13. The zero-order chi connectivity index (χ0) is 10.4. The van der Waals surface area contributed by atoms with E-state index in [1.807, 2.05) is 33.8 Å². The monoisotopic (exact) mass is 184 g/mol. The van der Waals surface area contributed by atoms with E-state index in [9.17, 15) is 9.90 Å². The fourth-order valence-corrected chi connectivity index (χ4v) is 1.25. The van der Waals surface area contributed by atoms with Crippen LogP contribution in [0.1, 0.15) is 40.5 Å². The van der Waals surface area contributed by atoms with Gasteiger partial charge in [-0.15, -0.1) is 0 Å². The third-order valence-corrected chi connectivity index (χ3v) is 2.30. The maximum atomic E-state index is 11.2. The van der Waals surface area contributed by atoms with Gasteiger partial charge < -0.3 is 5.11 Å². The van der Waals surface area contributed by atoms with Gasteiger partial charge in [0, 0.05) is 12.3 Å². The number of allylic oxidation sites excluding steroid dienone is 1. The van der Waals surface area contributed by atoms with E-state index in [0.717, 1.165) is 12.0 Å². The Morgan fingerprint density at radius 3 is 2.38 bits per heavy atom. The molecule has 0 heterocycles. The maximum Gasteiger partial charge on any atom is 0.157 e. The van der Waals surface area contributed by atoms with E-state index in [0.29, 0.717) is 6.42 Å². The fourth-order valence-electron chi connectivity index (χ4n) is 1.25. The van der Waals surface area contributed by atoms with E-state index in [4.69, 9.17) is 0 Å². The number of aliphatic hydroxyl groups excluding tert-OH is 1. The van der Waals surface area contributed by atoms with Crippen molar-refractivity contribution in [2.24, 2.45) is 5.92 Å². The van der Waals surface area contributed by atoms with Crippen LogP contribution in [0.4, 0.5) is 0 Å². The summed E-state index contributed by atoms with van der Waals surface area (Å²) >= 11 is 0. The highest BCUT2D eigenvalue weighted by Gasteiger charge is 2.10. The molecule has 1 N–H and O–H groups in total. The Bertz CT molecular complexity index is 194. The van der Waals surface area contributed by atoms with Crippen molar-refractivity contribution >= 4 is 5.78 Å². The van der Waals surface area contributed by atoms with Crippen molar-refractivity contribution in [2.75, 3.05) is 0 Å². The van der Waals surface area contributed by atoms with E-state index in [-0.39, 0.29) is 17.8 Å². The second-order valence-electron chi connectivity index (χ2n) is 3.46. The van der Waals surface area contributed by atoms with Gasteiger partial charge in [0.25, 0.3) is 0 Å². The van der Waals surface area contributed by atoms with E-state index in [2.05, 4.69) is 0 Å². The Hall–Kier alpha value is -0.630. The molecule has 0 radical (unpaired) electrons. The lowest BCUT2D eigenvalue weighted by Crippen LogP contribution is -2.15. The highest BCUT2D eigenvalue weighted by Crippen LogP contribution is 2.11. The van der Waals surface area contributed by atoms with Crippen molar-refractivity contribution in [1.82, 2.24) is 0 Å². The molecule has 0 rings (SSSR count). The van der Waals surface area contributed by atoms with Crippen LogP contribution >= 0.6 is 0 Å². The van der Waals surface area contributed by atoms with Gasteiger partial charge in [-0.2, -0.15) is 0 Å². The molecule has 0 amide bonds. The quantitative estimate of drug-likeness (QED) is 0.666. The van der Waals surface area contributed by atoms with Crippen LogP contribution in [-0.4, -0.2) is 17.0 Å². The number of rotatable bonds is 5. The highest BCUT2D eigenvalue weighted by atomic mass is 16.3. The predicted molar refractivity (Wildman–Crippen MR) is 54.5 cm³/mol. The molecule has 0 aromatic heterocycles. The van der Waals surface area contributed by atoms with Crippen molar-refractivity contribution in [1.29, 1.82) is 0 Å². The van der Waals surface area contributed by atoms with Crippen LogP contribution in [-0.2, 0) is 4.79 Å². The summed E-state index contributed by atoms with van der Waals surface area (Å²) in [6.07, 6.45) is 2.79. The molecule has 2 unspecified atom stereocenters. The standard InChI is InChI=1S/C11H20O2/c1-5-10(12)8(3)7-9(4)11(13)6-2/h7-8,10,12H,5-6H2,1-4H3. The minimum Gasteiger partial charge on any atom is -0.393 e. The van der Waals surface area contributed by atoms with E-state index in [1.165, 1.54) is 0 Å². The molecule has 2 heteroatoms. The zero-order valence-corrected chi connectivity index (χ0v) is 9.00. The number of ketones is 1. The molecule has 0 spiro atoms. The van der Waals surface area contributed by atoms with Gasteiger partial charge in [0.05, 0.1) is 6.10 Å². The Kier molecular flexibility index (Phi) is 5.63. The average Bonchev–Trinajstić information content (AvgIpc) is 2.14. The Morgan fingerprint density at radius 2 is 2.00 bits per heavy atom. The average molecular weight is 184 g/mol. The van der Waals surface area contributed by atoms with Gasteiger partial charge in [-0.25, -0.2) is 0 Å². The third-order valence-electron chi connectivity index (χ3n) is 2.30. The maximum absolute atomic E-state index is 11.2. The second kappa shape index (κ2) is 5.92. The van der Waals surface area contributed by atoms with Crippen LogP contribution in [0, 0.1) is 5.92 Å². The van der Waals surface area contributed by atoms with Crippen LogP contribution < -0.4 is 0 Å². The van der Waals surface area contributed by atoms with Crippen LogP contribution in [0.3, 0.4) is 0 Å². The largest absolute Gasteiger partial charge is 0.393 e. The first-order valence-corrected chi connectivity index (χ1v) is 4.92. The predicted octanol–water partition coefficient (Wildman–Crippen LogP) is 2.32. The summed E-state index contributed by atoms with van der Waals surface area (Å²) in [6, 6.07) is 0. The molecule has 76 valence electrons. The summed E-state index contributed by atoms with van der Waals surface area (Å²) in [6.45, 7) is 7.53. The molecule has 13 heavy (non-hydrogen) atoms. The van der Waals surface area contributed by atoms with Crippen LogP contribution in [0.5, 0.6) is 0 Å². The molecule has 0 aliphatic carbocycles. The van der Waals surface area contributed by atoms with Gasteiger partial charge in [-0.1, -0.05) is 26.8 Å².